The monoisotopic (exact) mass is 302 g/mol. The molecule has 7 nitrogen and oxygen atoms in total. The predicted molar refractivity (Wildman–Crippen MR) is 83.1 cm³/mol. The number of aryl methyl sites for hydroxylation is 1. The van der Waals surface area contributed by atoms with Crippen molar-refractivity contribution in [3.8, 4) is 11.4 Å². The largest absolute Gasteiger partial charge is 0.481 e. The van der Waals surface area contributed by atoms with E-state index in [1.165, 1.54) is 0 Å². The van der Waals surface area contributed by atoms with Crippen molar-refractivity contribution in [2.75, 3.05) is 18.5 Å². The highest BCUT2D eigenvalue weighted by Crippen LogP contribution is 2.17. The standard InChI is InChI=1S/C15H18N4O3/c1-9-10(2)17-14(18-15(9)22)11-4-5-12(16-8-11)19(3)7-6-13(20)21/h4-5,8H,6-7H2,1-3H3,(H,20,21)(H,17,18,22). The third-order valence-electron chi connectivity index (χ3n) is 3.47. The summed E-state index contributed by atoms with van der Waals surface area (Å²) in [7, 11) is 1.78. The molecule has 7 heteroatoms. The molecule has 0 atom stereocenters. The first-order valence-corrected chi connectivity index (χ1v) is 6.85. The molecule has 0 bridgehead atoms. The number of aromatic amines is 1. The van der Waals surface area contributed by atoms with E-state index in [0.29, 0.717) is 35.0 Å². The fourth-order valence-electron chi connectivity index (χ4n) is 1.91. The average Bonchev–Trinajstić information content (AvgIpc) is 2.50. The van der Waals surface area contributed by atoms with Crippen LogP contribution in [-0.4, -0.2) is 39.6 Å². The van der Waals surface area contributed by atoms with Gasteiger partial charge in [-0.1, -0.05) is 0 Å². The Morgan fingerprint density at radius 2 is 2.09 bits per heavy atom. The van der Waals surface area contributed by atoms with Crippen LogP contribution in [0.5, 0.6) is 0 Å². The number of H-pyrrole nitrogens is 1. The first kappa shape index (κ1) is 15.7. The van der Waals surface area contributed by atoms with Gasteiger partial charge in [0.15, 0.2) is 0 Å². The van der Waals surface area contributed by atoms with E-state index < -0.39 is 5.97 Å². The number of carboxylic acids is 1. The van der Waals surface area contributed by atoms with Gasteiger partial charge in [-0.3, -0.25) is 9.59 Å². The van der Waals surface area contributed by atoms with Gasteiger partial charge in [0, 0.05) is 36.6 Å². The Balaban J connectivity index is 2.22. The molecule has 0 aromatic carbocycles. The second kappa shape index (κ2) is 6.38. The van der Waals surface area contributed by atoms with E-state index in [4.69, 9.17) is 5.11 Å². The van der Waals surface area contributed by atoms with Crippen LogP contribution in [0.15, 0.2) is 23.1 Å². The van der Waals surface area contributed by atoms with Gasteiger partial charge in [0.25, 0.3) is 5.56 Å². The lowest BCUT2D eigenvalue weighted by molar-refractivity contribution is -0.136. The number of aromatic nitrogens is 3. The topological polar surface area (TPSA) is 99.2 Å². The Hall–Kier alpha value is -2.70. The highest BCUT2D eigenvalue weighted by atomic mass is 16.4. The zero-order valence-electron chi connectivity index (χ0n) is 12.8. The van der Waals surface area contributed by atoms with Crippen molar-refractivity contribution in [2.45, 2.75) is 20.3 Å². The van der Waals surface area contributed by atoms with Crippen LogP contribution >= 0.6 is 0 Å². The Morgan fingerprint density at radius 3 is 2.64 bits per heavy atom. The van der Waals surface area contributed by atoms with Crippen LogP contribution in [0.25, 0.3) is 11.4 Å². The minimum atomic E-state index is -0.847. The van der Waals surface area contributed by atoms with Crippen LogP contribution in [-0.2, 0) is 4.79 Å². The van der Waals surface area contributed by atoms with Crippen molar-refractivity contribution in [3.05, 3.63) is 39.9 Å². The predicted octanol–water partition coefficient (Wildman–Crippen LogP) is 1.36. The maximum atomic E-state index is 11.8. The summed E-state index contributed by atoms with van der Waals surface area (Å²) in [6.45, 7) is 3.89. The van der Waals surface area contributed by atoms with Crippen LogP contribution in [0.1, 0.15) is 17.7 Å². The molecule has 0 aliphatic heterocycles. The van der Waals surface area contributed by atoms with Crippen LogP contribution in [0.3, 0.4) is 0 Å². The van der Waals surface area contributed by atoms with E-state index >= 15 is 0 Å². The van der Waals surface area contributed by atoms with E-state index in [9.17, 15) is 9.59 Å². The maximum Gasteiger partial charge on any atom is 0.305 e. The van der Waals surface area contributed by atoms with Crippen molar-refractivity contribution in [1.82, 2.24) is 15.0 Å². The number of carbonyl (C=O) groups is 1. The van der Waals surface area contributed by atoms with Crippen molar-refractivity contribution in [2.24, 2.45) is 0 Å². The molecule has 0 unspecified atom stereocenters. The van der Waals surface area contributed by atoms with Gasteiger partial charge >= 0.3 is 5.97 Å². The molecular weight excluding hydrogens is 284 g/mol. The molecule has 0 spiro atoms. The Kier molecular flexibility index (Phi) is 4.55. The number of pyridine rings is 1. The first-order chi connectivity index (χ1) is 10.4. The van der Waals surface area contributed by atoms with E-state index in [1.54, 1.807) is 44.1 Å². The average molecular weight is 302 g/mol. The van der Waals surface area contributed by atoms with E-state index in [0.717, 1.165) is 0 Å². The molecule has 0 radical (unpaired) electrons. The summed E-state index contributed by atoms with van der Waals surface area (Å²) in [5, 5.41) is 8.69. The number of rotatable bonds is 5. The van der Waals surface area contributed by atoms with Gasteiger partial charge in [-0.2, -0.15) is 0 Å². The molecule has 0 fully saturated rings. The number of nitrogens with one attached hydrogen (secondary N) is 1. The Morgan fingerprint density at radius 1 is 1.36 bits per heavy atom. The molecule has 0 saturated carbocycles. The van der Waals surface area contributed by atoms with E-state index in [2.05, 4.69) is 15.0 Å². The molecule has 2 N–H and O–H groups in total. The minimum Gasteiger partial charge on any atom is -0.481 e. The second-order valence-electron chi connectivity index (χ2n) is 5.10. The number of aliphatic carboxylic acids is 1. The van der Waals surface area contributed by atoms with Gasteiger partial charge in [-0.25, -0.2) is 9.97 Å². The summed E-state index contributed by atoms with van der Waals surface area (Å²) in [4.78, 5) is 35.5. The van der Waals surface area contributed by atoms with Gasteiger partial charge < -0.3 is 15.0 Å². The molecule has 22 heavy (non-hydrogen) atoms. The van der Waals surface area contributed by atoms with Gasteiger partial charge in [-0.05, 0) is 26.0 Å². The van der Waals surface area contributed by atoms with Gasteiger partial charge in [0.1, 0.15) is 11.6 Å². The zero-order chi connectivity index (χ0) is 16.3. The maximum absolute atomic E-state index is 11.8. The SMILES string of the molecule is Cc1nc(-c2ccc(N(C)CCC(=O)O)nc2)[nH]c(=O)c1C. The molecule has 0 aliphatic rings. The Labute approximate surface area is 127 Å². The van der Waals surface area contributed by atoms with E-state index in [-0.39, 0.29) is 12.0 Å². The lowest BCUT2D eigenvalue weighted by Gasteiger charge is -2.17. The van der Waals surface area contributed by atoms with Crippen LogP contribution < -0.4 is 10.5 Å². The summed E-state index contributed by atoms with van der Waals surface area (Å²) in [6.07, 6.45) is 1.66. The number of hydrogen-bond acceptors (Lipinski definition) is 5. The second-order valence-corrected chi connectivity index (χ2v) is 5.10. The highest BCUT2D eigenvalue weighted by Gasteiger charge is 2.08. The summed E-state index contributed by atoms with van der Waals surface area (Å²) < 4.78 is 0. The fourth-order valence-corrected chi connectivity index (χ4v) is 1.91. The van der Waals surface area contributed by atoms with Crippen molar-refractivity contribution >= 4 is 11.8 Å². The number of nitrogens with zero attached hydrogens (tertiary/aromatic N) is 3. The van der Waals surface area contributed by atoms with Crippen LogP contribution in [0.2, 0.25) is 0 Å². The lowest BCUT2D eigenvalue weighted by atomic mass is 10.2. The van der Waals surface area contributed by atoms with Gasteiger partial charge in [0.05, 0.1) is 6.42 Å². The molecule has 2 aromatic heterocycles. The zero-order valence-corrected chi connectivity index (χ0v) is 12.8. The van der Waals surface area contributed by atoms with E-state index in [1.807, 2.05) is 0 Å². The molecule has 2 heterocycles. The van der Waals surface area contributed by atoms with Gasteiger partial charge in [0.2, 0.25) is 0 Å². The first-order valence-electron chi connectivity index (χ1n) is 6.85. The summed E-state index contributed by atoms with van der Waals surface area (Å²) in [6, 6.07) is 3.57. The van der Waals surface area contributed by atoms with Crippen molar-refractivity contribution < 1.29 is 9.90 Å². The van der Waals surface area contributed by atoms with Crippen molar-refractivity contribution in [1.29, 1.82) is 0 Å². The third-order valence-corrected chi connectivity index (χ3v) is 3.47. The molecule has 116 valence electrons. The number of hydrogen-bond donors (Lipinski definition) is 2. The number of anilines is 1. The molecule has 2 rings (SSSR count). The molecule has 2 aromatic rings. The Bertz CT molecular complexity index is 737. The summed E-state index contributed by atoms with van der Waals surface area (Å²) >= 11 is 0. The third kappa shape index (κ3) is 3.49. The van der Waals surface area contributed by atoms with Crippen molar-refractivity contribution in [3.63, 3.8) is 0 Å². The molecular formula is C15H18N4O3. The summed E-state index contributed by atoms with van der Waals surface area (Å²) in [5.41, 5.74) is 1.82. The summed E-state index contributed by atoms with van der Waals surface area (Å²) in [5.74, 6) is 0.289. The molecule has 0 amide bonds. The lowest BCUT2D eigenvalue weighted by Crippen LogP contribution is -2.21. The van der Waals surface area contributed by atoms with Crippen LogP contribution in [0, 0.1) is 13.8 Å². The highest BCUT2D eigenvalue weighted by molar-refractivity contribution is 5.67. The smallest absolute Gasteiger partial charge is 0.305 e. The molecule has 0 saturated heterocycles. The fraction of sp³-hybridized carbons (Fsp3) is 0.333. The normalized spacial score (nSPS) is 10.5. The minimum absolute atomic E-state index is 0.0476. The quantitative estimate of drug-likeness (QED) is 0.865. The molecule has 0 aliphatic carbocycles. The van der Waals surface area contributed by atoms with Crippen LogP contribution in [0.4, 0.5) is 5.82 Å². The number of carboxylic acid groups (broad SMARTS) is 1. The van der Waals surface area contributed by atoms with Gasteiger partial charge in [-0.15, -0.1) is 0 Å².